The number of carboxylic acid groups (broad SMARTS) is 1. The second-order valence-electron chi connectivity index (χ2n) is 5.98. The SMILES string of the molecule is Cc1cnc(C(=O)O)cc1Cc1ccc(-c2cn(C)nc2C)cc1. The van der Waals surface area contributed by atoms with Gasteiger partial charge in [-0.1, -0.05) is 24.3 Å². The number of hydrogen-bond donors (Lipinski definition) is 1. The molecule has 0 atom stereocenters. The van der Waals surface area contributed by atoms with Gasteiger partial charge in [0, 0.05) is 25.0 Å². The summed E-state index contributed by atoms with van der Waals surface area (Å²) in [6.45, 7) is 3.94. The fraction of sp³-hybridized carbons (Fsp3) is 0.211. The number of aromatic nitrogens is 3. The zero-order chi connectivity index (χ0) is 17.3. The zero-order valence-corrected chi connectivity index (χ0v) is 13.9. The van der Waals surface area contributed by atoms with Gasteiger partial charge in [-0.25, -0.2) is 9.78 Å². The van der Waals surface area contributed by atoms with Crippen LogP contribution in [0, 0.1) is 13.8 Å². The molecule has 0 aliphatic rings. The monoisotopic (exact) mass is 321 g/mol. The molecule has 2 heterocycles. The van der Waals surface area contributed by atoms with Crippen molar-refractivity contribution in [2.24, 2.45) is 7.05 Å². The Morgan fingerprint density at radius 1 is 1.21 bits per heavy atom. The number of aromatic carboxylic acids is 1. The second-order valence-corrected chi connectivity index (χ2v) is 5.98. The first-order chi connectivity index (χ1) is 11.4. The summed E-state index contributed by atoms with van der Waals surface area (Å²) in [6, 6.07) is 9.95. The van der Waals surface area contributed by atoms with Gasteiger partial charge >= 0.3 is 5.97 Å². The number of rotatable bonds is 4. The van der Waals surface area contributed by atoms with Gasteiger partial charge in [0.15, 0.2) is 0 Å². The summed E-state index contributed by atoms with van der Waals surface area (Å²) in [4.78, 5) is 15.0. The molecule has 0 bridgehead atoms. The minimum Gasteiger partial charge on any atom is -0.477 e. The number of nitrogens with zero attached hydrogens (tertiary/aromatic N) is 3. The quantitative estimate of drug-likeness (QED) is 0.800. The normalized spacial score (nSPS) is 10.8. The van der Waals surface area contributed by atoms with Crippen molar-refractivity contribution in [3.63, 3.8) is 0 Å². The van der Waals surface area contributed by atoms with Crippen LogP contribution in [0.25, 0.3) is 11.1 Å². The van der Waals surface area contributed by atoms with E-state index in [-0.39, 0.29) is 5.69 Å². The van der Waals surface area contributed by atoms with E-state index in [0.29, 0.717) is 6.42 Å². The van der Waals surface area contributed by atoms with Crippen LogP contribution in [0.15, 0.2) is 42.7 Å². The van der Waals surface area contributed by atoms with Gasteiger partial charge in [-0.15, -0.1) is 0 Å². The third-order valence-corrected chi connectivity index (χ3v) is 4.11. The van der Waals surface area contributed by atoms with Crippen LogP contribution in [0.2, 0.25) is 0 Å². The molecule has 2 aromatic heterocycles. The average Bonchev–Trinajstić information content (AvgIpc) is 2.88. The van der Waals surface area contributed by atoms with E-state index in [1.807, 2.05) is 31.8 Å². The van der Waals surface area contributed by atoms with E-state index in [1.54, 1.807) is 12.3 Å². The molecule has 5 heteroatoms. The van der Waals surface area contributed by atoms with E-state index >= 15 is 0 Å². The predicted molar refractivity (Wildman–Crippen MR) is 92.1 cm³/mol. The van der Waals surface area contributed by atoms with Crippen LogP contribution in [0.1, 0.15) is 32.9 Å². The van der Waals surface area contributed by atoms with Gasteiger partial charge < -0.3 is 5.11 Å². The Bertz CT molecular complexity index is 895. The molecule has 3 aromatic rings. The zero-order valence-electron chi connectivity index (χ0n) is 13.9. The molecule has 0 radical (unpaired) electrons. The highest BCUT2D eigenvalue weighted by Crippen LogP contribution is 2.23. The number of aryl methyl sites for hydroxylation is 3. The Morgan fingerprint density at radius 3 is 2.50 bits per heavy atom. The number of carboxylic acids is 1. The topological polar surface area (TPSA) is 68.0 Å². The molecular weight excluding hydrogens is 302 g/mol. The number of pyridine rings is 1. The fourth-order valence-electron chi connectivity index (χ4n) is 2.78. The lowest BCUT2D eigenvalue weighted by Gasteiger charge is -2.08. The highest BCUT2D eigenvalue weighted by atomic mass is 16.4. The lowest BCUT2D eigenvalue weighted by atomic mass is 9.99. The smallest absolute Gasteiger partial charge is 0.354 e. The van der Waals surface area contributed by atoms with Crippen LogP contribution >= 0.6 is 0 Å². The van der Waals surface area contributed by atoms with Crippen LogP contribution < -0.4 is 0 Å². The molecule has 1 N–H and O–H groups in total. The van der Waals surface area contributed by atoms with Gasteiger partial charge in [0.25, 0.3) is 0 Å². The Kier molecular flexibility index (Phi) is 4.16. The first-order valence-corrected chi connectivity index (χ1v) is 7.72. The first-order valence-electron chi connectivity index (χ1n) is 7.72. The van der Waals surface area contributed by atoms with Crippen LogP contribution in [-0.4, -0.2) is 25.8 Å². The number of carbonyl (C=O) groups is 1. The molecule has 0 fully saturated rings. The predicted octanol–water partition coefficient (Wildman–Crippen LogP) is 3.39. The molecule has 0 aliphatic carbocycles. The summed E-state index contributed by atoms with van der Waals surface area (Å²) in [6.07, 6.45) is 4.31. The van der Waals surface area contributed by atoms with Crippen molar-refractivity contribution in [3.05, 3.63) is 70.8 Å². The number of hydrogen-bond acceptors (Lipinski definition) is 3. The Labute approximate surface area is 140 Å². The van der Waals surface area contributed by atoms with E-state index in [4.69, 9.17) is 5.11 Å². The van der Waals surface area contributed by atoms with E-state index < -0.39 is 5.97 Å². The molecule has 5 nitrogen and oxygen atoms in total. The molecule has 0 aliphatic heterocycles. The van der Waals surface area contributed by atoms with Crippen LogP contribution in [0.5, 0.6) is 0 Å². The standard InChI is InChI=1S/C19H19N3O2/c1-12-10-20-18(19(23)24)9-16(12)8-14-4-6-15(7-5-14)17-11-22(3)21-13(17)2/h4-7,9-11H,8H2,1-3H3,(H,23,24). The maximum absolute atomic E-state index is 11.1. The minimum absolute atomic E-state index is 0.0817. The molecule has 0 saturated carbocycles. The summed E-state index contributed by atoms with van der Waals surface area (Å²) in [5.74, 6) is -1.00. The molecule has 0 unspecified atom stereocenters. The minimum atomic E-state index is -1.00. The van der Waals surface area contributed by atoms with E-state index in [2.05, 4.69) is 34.3 Å². The molecule has 0 spiro atoms. The van der Waals surface area contributed by atoms with E-state index in [9.17, 15) is 4.79 Å². The maximum Gasteiger partial charge on any atom is 0.354 e. The van der Waals surface area contributed by atoms with Gasteiger partial charge in [0.1, 0.15) is 5.69 Å². The highest BCUT2D eigenvalue weighted by Gasteiger charge is 2.09. The van der Waals surface area contributed by atoms with Crippen LogP contribution in [0.3, 0.4) is 0 Å². The molecule has 3 rings (SSSR count). The van der Waals surface area contributed by atoms with Crippen molar-refractivity contribution in [1.82, 2.24) is 14.8 Å². The largest absolute Gasteiger partial charge is 0.477 e. The summed E-state index contributed by atoms with van der Waals surface area (Å²) < 4.78 is 1.81. The summed E-state index contributed by atoms with van der Waals surface area (Å²) >= 11 is 0. The molecule has 0 saturated heterocycles. The Morgan fingerprint density at radius 2 is 1.92 bits per heavy atom. The van der Waals surface area contributed by atoms with Gasteiger partial charge in [-0.05, 0) is 48.6 Å². The lowest BCUT2D eigenvalue weighted by Crippen LogP contribution is -2.03. The van der Waals surface area contributed by atoms with Crippen molar-refractivity contribution in [3.8, 4) is 11.1 Å². The Balaban J connectivity index is 1.86. The summed E-state index contributed by atoms with van der Waals surface area (Å²) in [5, 5.41) is 13.5. The van der Waals surface area contributed by atoms with E-state index in [0.717, 1.165) is 33.5 Å². The van der Waals surface area contributed by atoms with Crippen molar-refractivity contribution in [2.45, 2.75) is 20.3 Å². The highest BCUT2D eigenvalue weighted by molar-refractivity contribution is 5.85. The lowest BCUT2D eigenvalue weighted by molar-refractivity contribution is 0.0690. The summed E-state index contributed by atoms with van der Waals surface area (Å²) in [7, 11) is 1.91. The molecular formula is C19H19N3O2. The average molecular weight is 321 g/mol. The van der Waals surface area contributed by atoms with Crippen LogP contribution in [-0.2, 0) is 13.5 Å². The summed E-state index contributed by atoms with van der Waals surface area (Å²) in [5.41, 5.74) is 6.43. The van der Waals surface area contributed by atoms with Crippen molar-refractivity contribution >= 4 is 5.97 Å². The molecule has 1 aromatic carbocycles. The third kappa shape index (κ3) is 3.20. The van der Waals surface area contributed by atoms with Crippen LogP contribution in [0.4, 0.5) is 0 Å². The maximum atomic E-state index is 11.1. The van der Waals surface area contributed by atoms with E-state index in [1.165, 1.54) is 0 Å². The Hall–Kier alpha value is -2.95. The van der Waals surface area contributed by atoms with Gasteiger partial charge in [0.05, 0.1) is 5.69 Å². The molecule has 24 heavy (non-hydrogen) atoms. The number of benzene rings is 1. The third-order valence-electron chi connectivity index (χ3n) is 4.11. The van der Waals surface area contributed by atoms with Gasteiger partial charge in [-0.2, -0.15) is 5.10 Å². The fourth-order valence-corrected chi connectivity index (χ4v) is 2.78. The van der Waals surface area contributed by atoms with Crippen molar-refractivity contribution in [1.29, 1.82) is 0 Å². The molecule has 0 amide bonds. The van der Waals surface area contributed by atoms with Gasteiger partial charge in [-0.3, -0.25) is 4.68 Å². The first kappa shape index (κ1) is 15.9. The van der Waals surface area contributed by atoms with Crippen molar-refractivity contribution in [2.75, 3.05) is 0 Å². The van der Waals surface area contributed by atoms with Gasteiger partial charge in [0.2, 0.25) is 0 Å². The van der Waals surface area contributed by atoms with Crippen molar-refractivity contribution < 1.29 is 9.90 Å². The molecule has 122 valence electrons. The second kappa shape index (κ2) is 6.28.